The number of rotatable bonds is 3. The van der Waals surface area contributed by atoms with Crippen molar-refractivity contribution in [3.05, 3.63) is 15.9 Å². The first-order valence-corrected chi connectivity index (χ1v) is 7.15. The fourth-order valence-electron chi connectivity index (χ4n) is 1.98. The molecule has 1 N–H and O–H groups in total. The minimum absolute atomic E-state index is 0.611. The van der Waals surface area contributed by atoms with Crippen molar-refractivity contribution in [3.8, 4) is 0 Å². The summed E-state index contributed by atoms with van der Waals surface area (Å²) >= 11 is 5.30. The molecule has 1 aliphatic heterocycles. The van der Waals surface area contributed by atoms with Crippen LogP contribution in [-0.2, 0) is 0 Å². The van der Waals surface area contributed by atoms with Crippen LogP contribution in [0.2, 0.25) is 0 Å². The van der Waals surface area contributed by atoms with Crippen LogP contribution < -0.4 is 10.2 Å². The molecule has 16 heavy (non-hydrogen) atoms. The van der Waals surface area contributed by atoms with Crippen LogP contribution in [0.4, 0.5) is 5.00 Å². The number of likely N-dealkylation sites (N-methyl/N-ethyl adjacent to an activating group) is 2. The normalized spacial score (nSPS) is 22.3. The molecule has 1 atom stereocenters. The van der Waals surface area contributed by atoms with Crippen LogP contribution >= 0.6 is 27.3 Å². The molecule has 0 radical (unpaired) electrons. The fraction of sp³-hybridized carbons (Fsp3) is 0.636. The molecule has 1 aromatic heterocycles. The summed E-state index contributed by atoms with van der Waals surface area (Å²) in [6.07, 6.45) is 0. The first-order chi connectivity index (χ1) is 7.66. The zero-order valence-electron chi connectivity index (χ0n) is 9.74. The number of anilines is 1. The summed E-state index contributed by atoms with van der Waals surface area (Å²) in [6.45, 7) is 4.43. The zero-order valence-corrected chi connectivity index (χ0v) is 12.1. The van der Waals surface area contributed by atoms with Crippen molar-refractivity contribution in [1.82, 2.24) is 10.2 Å². The molecule has 2 heterocycles. The lowest BCUT2D eigenvalue weighted by Crippen LogP contribution is -2.53. The van der Waals surface area contributed by atoms with Crippen molar-refractivity contribution < 1.29 is 0 Å². The van der Waals surface area contributed by atoms with Gasteiger partial charge in [0, 0.05) is 39.3 Å². The van der Waals surface area contributed by atoms with Gasteiger partial charge in [0.1, 0.15) is 0 Å². The molecular weight excluding hydrogens is 286 g/mol. The molecule has 0 aliphatic carbocycles. The standard InChI is InChI=1S/C11H18BrN3S/c1-14-6-5-13-7-9(14)8-15(2)11-4-3-10(12)16-11/h3-4,9,13H,5-8H2,1-2H3. The minimum Gasteiger partial charge on any atom is -0.365 e. The molecule has 1 aliphatic rings. The average Bonchev–Trinajstić information content (AvgIpc) is 2.68. The van der Waals surface area contributed by atoms with E-state index in [0.29, 0.717) is 6.04 Å². The number of piperazine rings is 1. The fourth-order valence-corrected chi connectivity index (χ4v) is 3.31. The van der Waals surface area contributed by atoms with E-state index in [9.17, 15) is 0 Å². The van der Waals surface area contributed by atoms with Gasteiger partial charge in [-0.2, -0.15) is 0 Å². The van der Waals surface area contributed by atoms with Gasteiger partial charge in [0.15, 0.2) is 0 Å². The van der Waals surface area contributed by atoms with E-state index in [1.165, 1.54) is 8.79 Å². The number of halogens is 1. The van der Waals surface area contributed by atoms with Crippen molar-refractivity contribution >= 4 is 32.3 Å². The van der Waals surface area contributed by atoms with E-state index in [-0.39, 0.29) is 0 Å². The predicted molar refractivity (Wildman–Crippen MR) is 74.6 cm³/mol. The van der Waals surface area contributed by atoms with Gasteiger partial charge >= 0.3 is 0 Å². The van der Waals surface area contributed by atoms with Gasteiger partial charge in [0.2, 0.25) is 0 Å². The highest BCUT2D eigenvalue weighted by atomic mass is 79.9. The Morgan fingerprint density at radius 1 is 1.62 bits per heavy atom. The first-order valence-electron chi connectivity index (χ1n) is 5.54. The quantitative estimate of drug-likeness (QED) is 0.919. The van der Waals surface area contributed by atoms with E-state index in [0.717, 1.165) is 26.2 Å². The summed E-state index contributed by atoms with van der Waals surface area (Å²) < 4.78 is 1.20. The topological polar surface area (TPSA) is 18.5 Å². The number of hydrogen-bond donors (Lipinski definition) is 1. The maximum Gasteiger partial charge on any atom is 0.0918 e. The van der Waals surface area contributed by atoms with Crippen LogP contribution in [0.25, 0.3) is 0 Å². The summed E-state index contributed by atoms with van der Waals surface area (Å²) in [7, 11) is 4.38. The smallest absolute Gasteiger partial charge is 0.0918 e. The molecule has 90 valence electrons. The SMILES string of the molecule is CN(CC1CNCCN1C)c1ccc(Br)s1. The summed E-state index contributed by atoms with van der Waals surface area (Å²) in [5.41, 5.74) is 0. The molecule has 0 amide bonds. The lowest BCUT2D eigenvalue weighted by molar-refractivity contribution is 0.204. The highest BCUT2D eigenvalue weighted by Crippen LogP contribution is 2.29. The molecule has 2 rings (SSSR count). The Hall–Kier alpha value is -0.100. The molecular formula is C11H18BrN3S. The lowest BCUT2D eigenvalue weighted by atomic mass is 10.2. The molecule has 1 saturated heterocycles. The summed E-state index contributed by atoms with van der Waals surface area (Å²) in [5.74, 6) is 0. The van der Waals surface area contributed by atoms with Crippen LogP contribution in [0.1, 0.15) is 0 Å². The Kier molecular flexibility index (Phi) is 4.24. The van der Waals surface area contributed by atoms with Crippen LogP contribution in [0.5, 0.6) is 0 Å². The highest BCUT2D eigenvalue weighted by Gasteiger charge is 2.20. The number of nitrogens with one attached hydrogen (secondary N) is 1. The monoisotopic (exact) mass is 303 g/mol. The maximum absolute atomic E-state index is 3.51. The summed E-state index contributed by atoms with van der Waals surface area (Å²) in [4.78, 5) is 4.78. The van der Waals surface area contributed by atoms with E-state index in [2.05, 4.69) is 57.3 Å². The third-order valence-electron chi connectivity index (χ3n) is 3.06. The van der Waals surface area contributed by atoms with Crippen molar-refractivity contribution in [3.63, 3.8) is 0 Å². The minimum atomic E-state index is 0.611. The Labute approximate surface area is 110 Å². The summed E-state index contributed by atoms with van der Waals surface area (Å²) in [5, 5.41) is 4.78. The van der Waals surface area contributed by atoms with Crippen LogP contribution in [-0.4, -0.2) is 51.2 Å². The van der Waals surface area contributed by atoms with Crippen LogP contribution in [0.15, 0.2) is 15.9 Å². The third kappa shape index (κ3) is 2.97. The van der Waals surface area contributed by atoms with Crippen molar-refractivity contribution in [2.24, 2.45) is 0 Å². The lowest BCUT2D eigenvalue weighted by Gasteiger charge is -2.35. The largest absolute Gasteiger partial charge is 0.365 e. The van der Waals surface area contributed by atoms with Gasteiger partial charge in [0.05, 0.1) is 8.79 Å². The van der Waals surface area contributed by atoms with Gasteiger partial charge in [-0.25, -0.2) is 0 Å². The molecule has 1 fully saturated rings. The Bertz CT molecular complexity index is 342. The highest BCUT2D eigenvalue weighted by molar-refractivity contribution is 9.11. The third-order valence-corrected chi connectivity index (χ3v) is 4.80. The van der Waals surface area contributed by atoms with Gasteiger partial charge in [-0.1, -0.05) is 0 Å². The van der Waals surface area contributed by atoms with E-state index >= 15 is 0 Å². The zero-order chi connectivity index (χ0) is 11.5. The summed E-state index contributed by atoms with van der Waals surface area (Å²) in [6, 6.07) is 4.89. The molecule has 1 aromatic rings. The van der Waals surface area contributed by atoms with Crippen molar-refractivity contribution in [2.45, 2.75) is 6.04 Å². The molecule has 0 bridgehead atoms. The Morgan fingerprint density at radius 3 is 3.06 bits per heavy atom. The predicted octanol–water partition coefficient (Wildman–Crippen LogP) is 1.85. The molecule has 0 aromatic carbocycles. The molecule has 3 nitrogen and oxygen atoms in total. The second kappa shape index (κ2) is 5.49. The van der Waals surface area contributed by atoms with E-state index < -0.39 is 0 Å². The Morgan fingerprint density at radius 2 is 2.44 bits per heavy atom. The maximum atomic E-state index is 3.51. The van der Waals surface area contributed by atoms with Gasteiger partial charge in [-0.3, -0.25) is 4.90 Å². The van der Waals surface area contributed by atoms with E-state index in [1.807, 2.05) is 0 Å². The second-order valence-electron chi connectivity index (χ2n) is 4.30. The van der Waals surface area contributed by atoms with E-state index in [1.54, 1.807) is 11.3 Å². The van der Waals surface area contributed by atoms with Crippen molar-refractivity contribution in [1.29, 1.82) is 0 Å². The Balaban J connectivity index is 1.93. The van der Waals surface area contributed by atoms with Gasteiger partial charge in [-0.15, -0.1) is 11.3 Å². The molecule has 5 heteroatoms. The number of nitrogens with zero attached hydrogens (tertiary/aromatic N) is 2. The van der Waals surface area contributed by atoms with Gasteiger partial charge in [-0.05, 0) is 35.1 Å². The van der Waals surface area contributed by atoms with Crippen LogP contribution in [0, 0.1) is 0 Å². The number of thiophene rings is 1. The first kappa shape index (κ1) is 12.4. The second-order valence-corrected chi connectivity index (χ2v) is 6.74. The van der Waals surface area contributed by atoms with Gasteiger partial charge in [0.25, 0.3) is 0 Å². The molecule has 0 saturated carbocycles. The van der Waals surface area contributed by atoms with Crippen LogP contribution in [0.3, 0.4) is 0 Å². The van der Waals surface area contributed by atoms with Gasteiger partial charge < -0.3 is 10.2 Å². The number of hydrogen-bond acceptors (Lipinski definition) is 4. The molecule has 1 unspecified atom stereocenters. The van der Waals surface area contributed by atoms with E-state index in [4.69, 9.17) is 0 Å². The average molecular weight is 304 g/mol. The van der Waals surface area contributed by atoms with Crippen molar-refractivity contribution in [2.75, 3.05) is 45.2 Å². The molecule has 0 spiro atoms.